The highest BCUT2D eigenvalue weighted by molar-refractivity contribution is 7.99. The maximum absolute atomic E-state index is 12.2. The Morgan fingerprint density at radius 2 is 2.03 bits per heavy atom. The van der Waals surface area contributed by atoms with Crippen LogP contribution in [-0.4, -0.2) is 48.7 Å². The number of aromatic amines is 1. The van der Waals surface area contributed by atoms with Crippen molar-refractivity contribution in [3.63, 3.8) is 0 Å². The molecule has 29 heavy (non-hydrogen) atoms. The summed E-state index contributed by atoms with van der Waals surface area (Å²) in [5.41, 5.74) is 2.73. The largest absolute Gasteiger partial charge is 0.307 e. The van der Waals surface area contributed by atoms with Crippen LogP contribution in [-0.2, 0) is 6.54 Å². The monoisotopic (exact) mass is 408 g/mol. The summed E-state index contributed by atoms with van der Waals surface area (Å²) in [4.78, 5) is 35.1. The van der Waals surface area contributed by atoms with E-state index >= 15 is 0 Å². The maximum atomic E-state index is 12.2. The molecule has 0 aliphatic carbocycles. The molecule has 0 saturated carbocycles. The van der Waals surface area contributed by atoms with Crippen LogP contribution in [0.2, 0.25) is 0 Å². The highest BCUT2D eigenvalue weighted by atomic mass is 32.2. The lowest BCUT2D eigenvalue weighted by atomic mass is 9.94. The second-order valence-corrected chi connectivity index (χ2v) is 8.37. The lowest BCUT2D eigenvalue weighted by Gasteiger charge is -2.32. The highest BCUT2D eigenvalue weighted by Crippen LogP contribution is 2.27. The fraction of sp³-hybridized carbons (Fsp3) is 0.381. The average Bonchev–Trinajstić information content (AvgIpc) is 2.76. The summed E-state index contributed by atoms with van der Waals surface area (Å²) in [6.45, 7) is 4.81. The van der Waals surface area contributed by atoms with Gasteiger partial charge in [0.05, 0.1) is 5.69 Å². The molecule has 8 heteroatoms. The van der Waals surface area contributed by atoms with Crippen LogP contribution >= 0.6 is 11.8 Å². The number of hydrogen-bond donors (Lipinski definition) is 1. The Kier molecular flexibility index (Phi) is 6.31. The summed E-state index contributed by atoms with van der Waals surface area (Å²) in [6.07, 6.45) is 9.36. The molecule has 150 valence electrons. The number of hydrogen-bond acceptors (Lipinski definition) is 7. The molecule has 0 spiro atoms. The minimum Gasteiger partial charge on any atom is -0.307 e. The van der Waals surface area contributed by atoms with Gasteiger partial charge in [-0.25, -0.2) is 15.0 Å². The molecule has 1 aliphatic rings. The molecule has 1 N–H and O–H groups in total. The van der Waals surface area contributed by atoms with Crippen LogP contribution in [0.15, 0.2) is 52.9 Å². The van der Waals surface area contributed by atoms with Crippen LogP contribution in [0, 0.1) is 0 Å². The molecular formula is C21H24N6OS. The summed E-state index contributed by atoms with van der Waals surface area (Å²) in [5.74, 6) is 1.81. The third-order valence-corrected chi connectivity index (χ3v) is 5.76. The fourth-order valence-electron chi connectivity index (χ4n) is 3.66. The summed E-state index contributed by atoms with van der Waals surface area (Å²) >= 11 is 1.65. The Labute approximate surface area is 174 Å². The van der Waals surface area contributed by atoms with E-state index in [9.17, 15) is 4.79 Å². The lowest BCUT2D eigenvalue weighted by Crippen LogP contribution is -2.34. The minimum absolute atomic E-state index is 0.114. The van der Waals surface area contributed by atoms with Gasteiger partial charge < -0.3 is 4.98 Å². The van der Waals surface area contributed by atoms with Gasteiger partial charge in [0.1, 0.15) is 5.82 Å². The van der Waals surface area contributed by atoms with Gasteiger partial charge in [-0.1, -0.05) is 18.7 Å². The van der Waals surface area contributed by atoms with Crippen LogP contribution in [0.1, 0.15) is 36.9 Å². The predicted molar refractivity (Wildman–Crippen MR) is 114 cm³/mol. The number of nitrogens with zero attached hydrogens (tertiary/aromatic N) is 5. The van der Waals surface area contributed by atoms with Crippen LogP contribution in [0.4, 0.5) is 0 Å². The Balaban J connectivity index is 1.48. The Bertz CT molecular complexity index is 992. The zero-order valence-corrected chi connectivity index (χ0v) is 17.2. The molecule has 1 saturated heterocycles. The predicted octanol–water partition coefficient (Wildman–Crippen LogP) is 3.11. The number of H-pyrrole nitrogens is 1. The molecule has 3 aromatic heterocycles. The van der Waals surface area contributed by atoms with Gasteiger partial charge in [0.15, 0.2) is 5.16 Å². The topological polar surface area (TPSA) is 87.7 Å². The standard InChI is InChI=1S/C21H24N6OS/c1-2-29-21-23-11-15(12-24-21)13-27-9-3-4-17(14-27)18-10-19(28)26-20(25-18)16-5-7-22-8-6-16/h5-8,10-12,17H,2-4,9,13-14H2,1H3,(H,25,26,28)/t17-/m1/s1. The van der Waals surface area contributed by atoms with Crippen molar-refractivity contribution in [2.45, 2.75) is 37.4 Å². The number of piperidine rings is 1. The molecule has 3 aromatic rings. The van der Waals surface area contributed by atoms with Crippen molar-refractivity contribution < 1.29 is 0 Å². The molecule has 7 nitrogen and oxygen atoms in total. The zero-order valence-electron chi connectivity index (χ0n) is 16.4. The number of aromatic nitrogens is 5. The Hall–Kier alpha value is -2.58. The molecule has 0 radical (unpaired) electrons. The van der Waals surface area contributed by atoms with Crippen molar-refractivity contribution in [1.82, 2.24) is 29.8 Å². The van der Waals surface area contributed by atoms with Gasteiger partial charge in [0.2, 0.25) is 0 Å². The van der Waals surface area contributed by atoms with Gasteiger partial charge in [-0.05, 0) is 37.3 Å². The van der Waals surface area contributed by atoms with E-state index in [1.165, 1.54) is 0 Å². The second kappa shape index (κ2) is 9.28. The normalized spacial score (nSPS) is 17.3. The third-order valence-electron chi connectivity index (χ3n) is 5.00. The zero-order chi connectivity index (χ0) is 20.1. The van der Waals surface area contributed by atoms with Crippen LogP contribution in [0.25, 0.3) is 11.4 Å². The van der Waals surface area contributed by atoms with Gasteiger partial charge in [-0.15, -0.1) is 0 Å². The molecular weight excluding hydrogens is 384 g/mol. The second-order valence-electron chi connectivity index (χ2n) is 7.14. The molecule has 4 heterocycles. The van der Waals surface area contributed by atoms with E-state index in [2.05, 4.69) is 31.8 Å². The van der Waals surface area contributed by atoms with E-state index in [1.54, 1.807) is 30.2 Å². The molecule has 1 aliphatic heterocycles. The summed E-state index contributed by atoms with van der Waals surface area (Å²) < 4.78 is 0. The van der Waals surface area contributed by atoms with E-state index in [4.69, 9.17) is 4.98 Å². The average molecular weight is 409 g/mol. The summed E-state index contributed by atoms with van der Waals surface area (Å²) in [6, 6.07) is 5.35. The highest BCUT2D eigenvalue weighted by Gasteiger charge is 2.23. The van der Waals surface area contributed by atoms with Gasteiger partial charge >= 0.3 is 0 Å². The van der Waals surface area contributed by atoms with Gasteiger partial charge in [0, 0.05) is 61.0 Å². The third kappa shape index (κ3) is 5.07. The molecule has 0 unspecified atom stereocenters. The van der Waals surface area contributed by atoms with E-state index in [1.807, 2.05) is 24.5 Å². The van der Waals surface area contributed by atoms with Crippen molar-refractivity contribution in [2.24, 2.45) is 0 Å². The number of likely N-dealkylation sites (tertiary alicyclic amines) is 1. The first-order valence-corrected chi connectivity index (χ1v) is 10.9. The molecule has 0 aromatic carbocycles. The van der Waals surface area contributed by atoms with Crippen molar-refractivity contribution in [3.8, 4) is 11.4 Å². The van der Waals surface area contributed by atoms with Gasteiger partial charge in [-0.2, -0.15) is 0 Å². The van der Waals surface area contributed by atoms with E-state index in [-0.39, 0.29) is 11.5 Å². The van der Waals surface area contributed by atoms with Crippen molar-refractivity contribution in [2.75, 3.05) is 18.8 Å². The Morgan fingerprint density at radius 3 is 2.79 bits per heavy atom. The van der Waals surface area contributed by atoms with Gasteiger partial charge in [0.25, 0.3) is 5.56 Å². The minimum atomic E-state index is -0.114. The van der Waals surface area contributed by atoms with Crippen molar-refractivity contribution in [1.29, 1.82) is 0 Å². The van der Waals surface area contributed by atoms with Gasteiger partial charge in [-0.3, -0.25) is 14.7 Å². The maximum Gasteiger partial charge on any atom is 0.251 e. The van der Waals surface area contributed by atoms with Crippen LogP contribution in [0.3, 0.4) is 0 Å². The molecule has 1 atom stereocenters. The number of thioether (sulfide) groups is 1. The SMILES string of the molecule is CCSc1ncc(CN2CCC[C@@H](c3cc(=O)[nH]c(-c4ccncc4)n3)C2)cn1. The van der Waals surface area contributed by atoms with E-state index < -0.39 is 0 Å². The first-order valence-electron chi connectivity index (χ1n) is 9.89. The first-order chi connectivity index (χ1) is 14.2. The quantitative estimate of drug-likeness (QED) is 0.495. The fourth-order valence-corrected chi connectivity index (χ4v) is 4.17. The Morgan fingerprint density at radius 1 is 1.24 bits per heavy atom. The molecule has 1 fully saturated rings. The van der Waals surface area contributed by atoms with E-state index in [0.29, 0.717) is 5.82 Å². The van der Waals surface area contributed by atoms with Crippen molar-refractivity contribution in [3.05, 3.63) is 64.6 Å². The molecule has 4 rings (SSSR count). The first kappa shape index (κ1) is 19.7. The molecule has 0 amide bonds. The number of nitrogens with one attached hydrogen (secondary N) is 1. The van der Waals surface area contributed by atoms with Crippen LogP contribution in [0.5, 0.6) is 0 Å². The summed E-state index contributed by atoms with van der Waals surface area (Å²) in [5, 5.41) is 0.823. The lowest BCUT2D eigenvalue weighted by molar-refractivity contribution is 0.198. The van der Waals surface area contributed by atoms with E-state index in [0.717, 1.165) is 60.2 Å². The smallest absolute Gasteiger partial charge is 0.251 e. The summed E-state index contributed by atoms with van der Waals surface area (Å²) in [7, 11) is 0. The molecule has 0 bridgehead atoms. The number of pyridine rings is 1. The number of rotatable bonds is 6. The van der Waals surface area contributed by atoms with Crippen molar-refractivity contribution >= 4 is 11.8 Å². The van der Waals surface area contributed by atoms with Crippen LogP contribution < -0.4 is 5.56 Å².